The summed E-state index contributed by atoms with van der Waals surface area (Å²) < 4.78 is 31.2. The van der Waals surface area contributed by atoms with Crippen molar-refractivity contribution in [3.63, 3.8) is 0 Å². The van der Waals surface area contributed by atoms with Gasteiger partial charge in [-0.05, 0) is 30.7 Å². The summed E-state index contributed by atoms with van der Waals surface area (Å²) in [5.74, 6) is 0.918. The molecule has 18 heavy (non-hydrogen) atoms. The molecular weight excluding hydrogens is 318 g/mol. The molecule has 6 heteroatoms. The molecule has 0 heterocycles. The van der Waals surface area contributed by atoms with Crippen molar-refractivity contribution in [2.24, 2.45) is 0 Å². The van der Waals surface area contributed by atoms with E-state index in [1.165, 1.54) is 4.31 Å². The minimum Gasteiger partial charge on any atom is -0.492 e. The minimum absolute atomic E-state index is 0.182. The van der Waals surface area contributed by atoms with E-state index in [2.05, 4.69) is 15.9 Å². The Morgan fingerprint density at radius 1 is 1.28 bits per heavy atom. The number of hydrogen-bond donors (Lipinski definition) is 0. The van der Waals surface area contributed by atoms with Gasteiger partial charge in [0.25, 0.3) is 0 Å². The van der Waals surface area contributed by atoms with Gasteiger partial charge in [0.05, 0.1) is 5.75 Å². The van der Waals surface area contributed by atoms with Crippen molar-refractivity contribution >= 4 is 26.0 Å². The second-order valence-electron chi connectivity index (χ2n) is 3.94. The number of benzene rings is 1. The van der Waals surface area contributed by atoms with Gasteiger partial charge >= 0.3 is 0 Å². The van der Waals surface area contributed by atoms with Crippen LogP contribution in [-0.2, 0) is 10.0 Å². The van der Waals surface area contributed by atoms with E-state index >= 15 is 0 Å². The predicted octanol–water partition coefficient (Wildman–Crippen LogP) is 2.50. The zero-order chi connectivity index (χ0) is 13.6. The SMILES string of the molecule is CCCS(=O)(=O)N(C)CCOc1ccc(Br)cc1. The highest BCUT2D eigenvalue weighted by Gasteiger charge is 2.15. The minimum atomic E-state index is -3.13. The number of sulfonamides is 1. The highest BCUT2D eigenvalue weighted by Crippen LogP contribution is 2.16. The van der Waals surface area contributed by atoms with Crippen LogP contribution in [-0.4, -0.2) is 38.7 Å². The van der Waals surface area contributed by atoms with Crippen molar-refractivity contribution in [1.82, 2.24) is 4.31 Å². The average Bonchev–Trinajstić information content (AvgIpc) is 2.31. The van der Waals surface area contributed by atoms with E-state index in [-0.39, 0.29) is 5.75 Å². The van der Waals surface area contributed by atoms with E-state index in [1.807, 2.05) is 31.2 Å². The number of rotatable bonds is 7. The number of nitrogens with zero attached hydrogens (tertiary/aromatic N) is 1. The fraction of sp³-hybridized carbons (Fsp3) is 0.500. The number of ether oxygens (including phenoxy) is 1. The van der Waals surface area contributed by atoms with E-state index in [1.54, 1.807) is 7.05 Å². The first kappa shape index (κ1) is 15.5. The molecule has 0 saturated carbocycles. The highest BCUT2D eigenvalue weighted by molar-refractivity contribution is 9.10. The molecule has 102 valence electrons. The monoisotopic (exact) mass is 335 g/mol. The smallest absolute Gasteiger partial charge is 0.213 e. The maximum absolute atomic E-state index is 11.7. The molecule has 0 unspecified atom stereocenters. The molecule has 1 aromatic rings. The van der Waals surface area contributed by atoms with Gasteiger partial charge in [-0.15, -0.1) is 0 Å². The molecular formula is C12H18BrNO3S. The third-order valence-corrected chi connectivity index (χ3v) is 5.01. The van der Waals surface area contributed by atoms with E-state index in [0.29, 0.717) is 19.6 Å². The van der Waals surface area contributed by atoms with Crippen LogP contribution in [0.25, 0.3) is 0 Å². The zero-order valence-corrected chi connectivity index (χ0v) is 13.0. The Bertz CT molecular complexity index is 459. The summed E-state index contributed by atoms with van der Waals surface area (Å²) in [4.78, 5) is 0. The fourth-order valence-electron chi connectivity index (χ4n) is 1.38. The molecule has 0 saturated heterocycles. The van der Waals surface area contributed by atoms with Gasteiger partial charge in [0.1, 0.15) is 12.4 Å². The summed E-state index contributed by atoms with van der Waals surface area (Å²) >= 11 is 3.34. The van der Waals surface area contributed by atoms with Crippen molar-refractivity contribution in [3.05, 3.63) is 28.7 Å². The van der Waals surface area contributed by atoms with Gasteiger partial charge in [-0.2, -0.15) is 0 Å². The van der Waals surface area contributed by atoms with Crippen LogP contribution in [0.2, 0.25) is 0 Å². The molecule has 0 aliphatic rings. The normalized spacial score (nSPS) is 11.8. The Kier molecular flexibility index (Phi) is 6.11. The number of hydrogen-bond acceptors (Lipinski definition) is 3. The zero-order valence-electron chi connectivity index (χ0n) is 10.6. The molecule has 1 rings (SSSR count). The molecule has 0 aliphatic heterocycles. The van der Waals surface area contributed by atoms with Crippen LogP contribution in [0.15, 0.2) is 28.7 Å². The van der Waals surface area contributed by atoms with E-state index in [4.69, 9.17) is 4.74 Å². The Hall–Kier alpha value is -0.590. The maximum atomic E-state index is 11.7. The molecule has 0 N–H and O–H groups in total. The topological polar surface area (TPSA) is 46.6 Å². The van der Waals surface area contributed by atoms with Crippen LogP contribution in [0, 0.1) is 0 Å². The van der Waals surface area contributed by atoms with E-state index in [0.717, 1.165) is 10.2 Å². The lowest BCUT2D eigenvalue weighted by Crippen LogP contribution is -2.32. The van der Waals surface area contributed by atoms with Gasteiger partial charge in [0.15, 0.2) is 0 Å². The van der Waals surface area contributed by atoms with Crippen LogP contribution < -0.4 is 4.74 Å². The van der Waals surface area contributed by atoms with Crippen molar-refractivity contribution in [1.29, 1.82) is 0 Å². The van der Waals surface area contributed by atoms with Crippen molar-refractivity contribution in [2.75, 3.05) is 26.0 Å². The Morgan fingerprint density at radius 2 is 1.89 bits per heavy atom. The average molecular weight is 336 g/mol. The summed E-state index contributed by atoms with van der Waals surface area (Å²) in [7, 11) is -1.55. The van der Waals surface area contributed by atoms with Crippen LogP contribution in [0.3, 0.4) is 0 Å². The maximum Gasteiger partial charge on any atom is 0.213 e. The molecule has 1 aromatic carbocycles. The first-order chi connectivity index (χ1) is 8.45. The lowest BCUT2D eigenvalue weighted by molar-refractivity contribution is 0.287. The van der Waals surface area contributed by atoms with Crippen molar-refractivity contribution < 1.29 is 13.2 Å². The predicted molar refractivity (Wildman–Crippen MR) is 76.3 cm³/mol. The highest BCUT2D eigenvalue weighted by atomic mass is 79.9. The third-order valence-electron chi connectivity index (χ3n) is 2.43. The molecule has 0 bridgehead atoms. The van der Waals surface area contributed by atoms with Crippen LogP contribution in [0.1, 0.15) is 13.3 Å². The number of likely N-dealkylation sites (N-methyl/N-ethyl adjacent to an activating group) is 1. The fourth-order valence-corrected chi connectivity index (χ4v) is 2.82. The molecule has 0 atom stereocenters. The van der Waals surface area contributed by atoms with Crippen LogP contribution in [0.5, 0.6) is 5.75 Å². The van der Waals surface area contributed by atoms with Crippen molar-refractivity contribution in [3.8, 4) is 5.75 Å². The Labute approximate surface area is 117 Å². The molecule has 0 fully saturated rings. The standard InChI is InChI=1S/C12H18BrNO3S/c1-3-10-18(15,16)14(2)8-9-17-12-6-4-11(13)5-7-12/h4-7H,3,8-10H2,1-2H3. The van der Waals surface area contributed by atoms with Crippen LogP contribution >= 0.6 is 15.9 Å². The lowest BCUT2D eigenvalue weighted by atomic mass is 10.3. The molecule has 0 amide bonds. The first-order valence-electron chi connectivity index (χ1n) is 5.78. The third kappa shape index (κ3) is 4.96. The van der Waals surface area contributed by atoms with Gasteiger partial charge in [-0.1, -0.05) is 22.9 Å². The van der Waals surface area contributed by atoms with Gasteiger partial charge in [-0.3, -0.25) is 0 Å². The quantitative estimate of drug-likeness (QED) is 0.769. The Morgan fingerprint density at radius 3 is 2.44 bits per heavy atom. The van der Waals surface area contributed by atoms with Crippen LogP contribution in [0.4, 0.5) is 0 Å². The lowest BCUT2D eigenvalue weighted by Gasteiger charge is -2.16. The van der Waals surface area contributed by atoms with Gasteiger partial charge in [0, 0.05) is 18.1 Å². The van der Waals surface area contributed by atoms with E-state index in [9.17, 15) is 8.42 Å². The summed E-state index contributed by atoms with van der Waals surface area (Å²) in [5.41, 5.74) is 0. The molecule has 0 spiro atoms. The van der Waals surface area contributed by atoms with Gasteiger partial charge in [0.2, 0.25) is 10.0 Å². The van der Waals surface area contributed by atoms with Gasteiger partial charge < -0.3 is 4.74 Å². The summed E-state index contributed by atoms with van der Waals surface area (Å²) in [6.45, 7) is 2.56. The summed E-state index contributed by atoms with van der Waals surface area (Å²) in [6.07, 6.45) is 0.625. The van der Waals surface area contributed by atoms with E-state index < -0.39 is 10.0 Å². The summed E-state index contributed by atoms with van der Waals surface area (Å²) in [6, 6.07) is 7.44. The molecule has 0 radical (unpaired) electrons. The molecule has 0 aromatic heterocycles. The first-order valence-corrected chi connectivity index (χ1v) is 8.18. The molecule has 4 nitrogen and oxygen atoms in total. The molecule has 0 aliphatic carbocycles. The summed E-state index contributed by atoms with van der Waals surface area (Å²) in [5, 5.41) is 0. The Balaban J connectivity index is 2.40. The van der Waals surface area contributed by atoms with Crippen molar-refractivity contribution in [2.45, 2.75) is 13.3 Å². The van der Waals surface area contributed by atoms with Gasteiger partial charge in [-0.25, -0.2) is 12.7 Å². The second kappa shape index (κ2) is 7.11. The largest absolute Gasteiger partial charge is 0.492 e. The number of halogens is 1. The second-order valence-corrected chi connectivity index (χ2v) is 7.05.